The number of piperidine rings is 1. The van der Waals surface area contributed by atoms with Gasteiger partial charge >= 0.3 is 0 Å². The molecule has 28 heavy (non-hydrogen) atoms. The zero-order valence-corrected chi connectivity index (χ0v) is 16.5. The number of para-hydroxylation sites is 2. The van der Waals surface area contributed by atoms with E-state index in [0.29, 0.717) is 6.54 Å². The Morgan fingerprint density at radius 2 is 1.71 bits per heavy atom. The summed E-state index contributed by atoms with van der Waals surface area (Å²) in [6.45, 7) is 6.05. The molecule has 2 aromatic rings. The van der Waals surface area contributed by atoms with Gasteiger partial charge in [-0.25, -0.2) is 0 Å². The summed E-state index contributed by atoms with van der Waals surface area (Å²) < 4.78 is 0. The number of nitro groups is 1. The number of hydrogen-bond donors (Lipinski definition) is 0. The van der Waals surface area contributed by atoms with Crippen LogP contribution < -0.4 is 4.90 Å². The van der Waals surface area contributed by atoms with Gasteiger partial charge in [0.05, 0.1) is 4.92 Å². The van der Waals surface area contributed by atoms with Gasteiger partial charge < -0.3 is 4.90 Å². The normalized spacial score (nSPS) is 15.5. The number of hydrogen-bond acceptors (Lipinski definition) is 4. The molecule has 0 radical (unpaired) electrons. The molecule has 6 nitrogen and oxygen atoms in total. The van der Waals surface area contributed by atoms with Crippen LogP contribution in [0.2, 0.25) is 0 Å². The highest BCUT2D eigenvalue weighted by Crippen LogP contribution is 2.27. The molecule has 2 aromatic carbocycles. The molecule has 0 atom stereocenters. The van der Waals surface area contributed by atoms with E-state index >= 15 is 0 Å². The highest BCUT2D eigenvalue weighted by Gasteiger charge is 2.30. The summed E-state index contributed by atoms with van der Waals surface area (Å²) in [5.41, 5.74) is 1.85. The predicted molar refractivity (Wildman–Crippen MR) is 110 cm³/mol. The summed E-state index contributed by atoms with van der Waals surface area (Å²) in [5, 5.41) is 11.2. The third-order valence-electron chi connectivity index (χ3n) is 5.27. The van der Waals surface area contributed by atoms with Gasteiger partial charge in [0, 0.05) is 48.9 Å². The molecule has 3 rings (SSSR count). The first kappa shape index (κ1) is 20.0. The third-order valence-corrected chi connectivity index (χ3v) is 5.27. The van der Waals surface area contributed by atoms with Crippen LogP contribution in [0.25, 0.3) is 0 Å². The van der Waals surface area contributed by atoms with E-state index in [0.717, 1.165) is 37.2 Å². The number of nitro benzene ring substituents is 1. The zero-order valence-electron chi connectivity index (χ0n) is 16.5. The van der Waals surface area contributed by atoms with Crippen LogP contribution >= 0.6 is 0 Å². The fourth-order valence-electron chi connectivity index (χ4n) is 3.78. The standard InChI is InChI=1S/C22H27N3O3/c1-17(2)22(26)24(19-9-4-3-5-10-19)20-12-14-23(15-13-20)16-18-8-6-7-11-21(18)25(27)28/h3-11,17,20H,12-16H2,1-2H3. The van der Waals surface area contributed by atoms with E-state index in [1.165, 1.54) is 0 Å². The van der Waals surface area contributed by atoms with Crippen molar-refractivity contribution < 1.29 is 9.72 Å². The minimum atomic E-state index is -0.319. The molecule has 1 aliphatic rings. The van der Waals surface area contributed by atoms with Gasteiger partial charge in [0.15, 0.2) is 0 Å². The molecule has 1 heterocycles. The summed E-state index contributed by atoms with van der Waals surface area (Å²) in [6.07, 6.45) is 1.71. The van der Waals surface area contributed by atoms with Gasteiger partial charge in [0.25, 0.3) is 5.69 Å². The Kier molecular flexibility index (Phi) is 6.41. The lowest BCUT2D eigenvalue weighted by Crippen LogP contribution is -2.48. The second kappa shape index (κ2) is 8.97. The Balaban J connectivity index is 1.69. The van der Waals surface area contributed by atoms with Crippen molar-refractivity contribution in [3.63, 3.8) is 0 Å². The fraction of sp³-hybridized carbons (Fsp3) is 0.409. The number of carbonyl (C=O) groups excluding carboxylic acids is 1. The van der Waals surface area contributed by atoms with Crippen LogP contribution in [-0.2, 0) is 11.3 Å². The molecule has 1 saturated heterocycles. The molecule has 0 aromatic heterocycles. The highest BCUT2D eigenvalue weighted by atomic mass is 16.6. The van der Waals surface area contributed by atoms with Gasteiger partial charge in [-0.3, -0.25) is 19.8 Å². The predicted octanol–water partition coefficient (Wildman–Crippen LogP) is 4.25. The SMILES string of the molecule is CC(C)C(=O)N(c1ccccc1)C1CCN(Cc2ccccc2[N+](=O)[O-])CC1. The summed E-state index contributed by atoms with van der Waals surface area (Å²) in [7, 11) is 0. The van der Waals surface area contributed by atoms with E-state index in [1.807, 2.05) is 61.2 Å². The van der Waals surface area contributed by atoms with Crippen molar-refractivity contribution in [1.29, 1.82) is 0 Å². The first-order valence-corrected chi connectivity index (χ1v) is 9.80. The number of anilines is 1. The van der Waals surface area contributed by atoms with Gasteiger partial charge in [0.2, 0.25) is 5.91 Å². The first-order valence-electron chi connectivity index (χ1n) is 9.80. The summed E-state index contributed by atoms with van der Waals surface area (Å²) in [6, 6.07) is 16.9. The first-order chi connectivity index (χ1) is 13.5. The number of carbonyl (C=O) groups is 1. The summed E-state index contributed by atoms with van der Waals surface area (Å²) in [5.74, 6) is 0.0774. The number of benzene rings is 2. The molecule has 0 bridgehead atoms. The number of likely N-dealkylation sites (tertiary alicyclic amines) is 1. The van der Waals surface area contributed by atoms with Crippen molar-refractivity contribution in [3.05, 3.63) is 70.3 Å². The van der Waals surface area contributed by atoms with Crippen LogP contribution in [0.4, 0.5) is 11.4 Å². The van der Waals surface area contributed by atoms with Crippen LogP contribution in [0.15, 0.2) is 54.6 Å². The largest absolute Gasteiger partial charge is 0.309 e. The smallest absolute Gasteiger partial charge is 0.273 e. The van der Waals surface area contributed by atoms with Gasteiger partial charge in [-0.2, -0.15) is 0 Å². The topological polar surface area (TPSA) is 66.7 Å². The van der Waals surface area contributed by atoms with Gasteiger partial charge in [-0.1, -0.05) is 50.2 Å². The minimum Gasteiger partial charge on any atom is -0.309 e. The lowest BCUT2D eigenvalue weighted by molar-refractivity contribution is -0.385. The quantitative estimate of drug-likeness (QED) is 0.554. The van der Waals surface area contributed by atoms with Crippen molar-refractivity contribution in [2.24, 2.45) is 5.92 Å². The molecule has 6 heteroatoms. The molecule has 0 saturated carbocycles. The maximum Gasteiger partial charge on any atom is 0.273 e. The van der Waals surface area contributed by atoms with Crippen molar-refractivity contribution in [3.8, 4) is 0 Å². The zero-order chi connectivity index (χ0) is 20.1. The molecule has 148 valence electrons. The van der Waals surface area contributed by atoms with E-state index in [-0.39, 0.29) is 28.5 Å². The number of nitrogens with zero attached hydrogens (tertiary/aromatic N) is 3. The molecular weight excluding hydrogens is 354 g/mol. The molecule has 0 N–H and O–H groups in total. The Bertz CT molecular complexity index is 815. The lowest BCUT2D eigenvalue weighted by atomic mass is 9.99. The van der Waals surface area contributed by atoms with Crippen LogP contribution in [0.3, 0.4) is 0 Å². The lowest BCUT2D eigenvalue weighted by Gasteiger charge is -2.39. The van der Waals surface area contributed by atoms with Crippen molar-refractivity contribution in [2.75, 3.05) is 18.0 Å². The highest BCUT2D eigenvalue weighted by molar-refractivity contribution is 5.95. The monoisotopic (exact) mass is 381 g/mol. The minimum absolute atomic E-state index is 0.0646. The van der Waals surface area contributed by atoms with Crippen molar-refractivity contribution in [2.45, 2.75) is 39.3 Å². The van der Waals surface area contributed by atoms with Gasteiger partial charge in [0.1, 0.15) is 0 Å². The van der Waals surface area contributed by atoms with Crippen molar-refractivity contribution >= 4 is 17.3 Å². The van der Waals surface area contributed by atoms with Crippen molar-refractivity contribution in [1.82, 2.24) is 4.90 Å². The summed E-state index contributed by atoms with van der Waals surface area (Å²) in [4.78, 5) is 28.0. The number of rotatable bonds is 6. The van der Waals surface area contributed by atoms with Crippen LogP contribution in [-0.4, -0.2) is 34.9 Å². The Hall–Kier alpha value is -2.73. The molecule has 1 aliphatic heterocycles. The van der Waals surface area contributed by atoms with E-state index in [4.69, 9.17) is 0 Å². The average molecular weight is 381 g/mol. The van der Waals surface area contributed by atoms with E-state index in [9.17, 15) is 14.9 Å². The molecule has 1 amide bonds. The average Bonchev–Trinajstić information content (AvgIpc) is 2.70. The van der Waals surface area contributed by atoms with Crippen LogP contribution in [0, 0.1) is 16.0 Å². The molecule has 1 fully saturated rings. The third kappa shape index (κ3) is 4.57. The Morgan fingerprint density at radius 1 is 1.11 bits per heavy atom. The molecule has 0 spiro atoms. The van der Waals surface area contributed by atoms with E-state index in [1.54, 1.807) is 12.1 Å². The maximum atomic E-state index is 12.9. The van der Waals surface area contributed by atoms with Gasteiger partial charge in [-0.05, 0) is 25.0 Å². The van der Waals surface area contributed by atoms with Crippen LogP contribution in [0.1, 0.15) is 32.3 Å². The van der Waals surface area contributed by atoms with E-state index in [2.05, 4.69) is 4.90 Å². The van der Waals surface area contributed by atoms with Crippen LogP contribution in [0.5, 0.6) is 0 Å². The van der Waals surface area contributed by atoms with Gasteiger partial charge in [-0.15, -0.1) is 0 Å². The maximum absolute atomic E-state index is 12.9. The molecule has 0 aliphatic carbocycles. The summed E-state index contributed by atoms with van der Waals surface area (Å²) >= 11 is 0. The molecular formula is C22H27N3O3. The second-order valence-electron chi connectivity index (χ2n) is 7.59. The fourth-order valence-corrected chi connectivity index (χ4v) is 3.78. The second-order valence-corrected chi connectivity index (χ2v) is 7.59. The van der Waals surface area contributed by atoms with E-state index < -0.39 is 0 Å². The Labute approximate surface area is 165 Å². The Morgan fingerprint density at radius 3 is 2.32 bits per heavy atom. The number of amides is 1. The molecule has 0 unspecified atom stereocenters.